The van der Waals surface area contributed by atoms with Gasteiger partial charge in [-0.2, -0.15) is 0 Å². The van der Waals surface area contributed by atoms with Crippen LogP contribution in [0.4, 0.5) is 4.20 Å². The first-order chi connectivity index (χ1) is 5.75. The summed E-state index contributed by atoms with van der Waals surface area (Å²) < 4.78 is 33.2. The van der Waals surface area contributed by atoms with Crippen molar-refractivity contribution in [2.75, 3.05) is 6.61 Å². The molecule has 5 heteroatoms. The molecule has 1 heterocycles. The minimum atomic E-state index is -4.28. The zero-order chi connectivity index (χ0) is 10.3. The largest absolute Gasteiger partial charge is 0.513 e. The Kier molecular flexibility index (Phi) is 2.86. The van der Waals surface area contributed by atoms with Gasteiger partial charge in [0, 0.05) is 5.41 Å². The fourth-order valence-electron chi connectivity index (χ4n) is 1.66. The first-order valence-electron chi connectivity index (χ1n) is 4.37. The fraction of sp³-hybridized carbons (Fsp3) is 1.00. The molecule has 1 fully saturated rings. The highest BCUT2D eigenvalue weighted by Crippen LogP contribution is 2.58. The second-order valence-electron chi connectivity index (χ2n) is 4.46. The average molecular weight is 210 g/mol. The van der Waals surface area contributed by atoms with Crippen LogP contribution in [0.5, 0.6) is 0 Å². The van der Waals surface area contributed by atoms with E-state index in [4.69, 9.17) is 4.52 Å². The Hall–Kier alpha value is 0.0800. The number of hydrogen-bond donors (Lipinski definition) is 0. The van der Waals surface area contributed by atoms with Crippen LogP contribution in [-0.4, -0.2) is 12.7 Å². The molecule has 1 saturated heterocycles. The summed E-state index contributed by atoms with van der Waals surface area (Å²) in [6, 6.07) is 0. The lowest BCUT2D eigenvalue weighted by molar-refractivity contribution is -0.0584. The van der Waals surface area contributed by atoms with Crippen LogP contribution in [0.1, 0.15) is 27.7 Å². The van der Waals surface area contributed by atoms with Crippen molar-refractivity contribution in [1.82, 2.24) is 0 Å². The Morgan fingerprint density at radius 2 is 2.08 bits per heavy atom. The molecule has 0 bridgehead atoms. The molecule has 0 radical (unpaired) electrons. The molecule has 0 aromatic rings. The summed E-state index contributed by atoms with van der Waals surface area (Å²) in [6.07, 6.45) is -0.350. The van der Waals surface area contributed by atoms with E-state index in [9.17, 15) is 8.76 Å². The first kappa shape index (κ1) is 11.2. The molecular weight excluding hydrogens is 194 g/mol. The van der Waals surface area contributed by atoms with Gasteiger partial charge in [0.1, 0.15) is 0 Å². The van der Waals surface area contributed by atoms with Crippen molar-refractivity contribution in [2.45, 2.75) is 33.8 Å². The summed E-state index contributed by atoms with van der Waals surface area (Å²) >= 11 is 0. The Bertz CT molecular complexity index is 240. The Labute approximate surface area is 78.3 Å². The van der Waals surface area contributed by atoms with Gasteiger partial charge in [-0.1, -0.05) is 27.7 Å². The van der Waals surface area contributed by atoms with Crippen LogP contribution in [0.25, 0.3) is 0 Å². The summed E-state index contributed by atoms with van der Waals surface area (Å²) in [5.41, 5.74) is -0.284. The SMILES string of the molecule is CC(C)[C@@H]1OP(=O)(F)OCC1(C)C. The third kappa shape index (κ3) is 2.52. The highest BCUT2D eigenvalue weighted by atomic mass is 31.2. The van der Waals surface area contributed by atoms with Gasteiger partial charge in [0.15, 0.2) is 0 Å². The van der Waals surface area contributed by atoms with E-state index in [1.807, 2.05) is 27.7 Å². The van der Waals surface area contributed by atoms with Crippen molar-refractivity contribution in [1.29, 1.82) is 0 Å². The molecule has 0 N–H and O–H groups in total. The molecular formula is C8H16FO3P. The van der Waals surface area contributed by atoms with Crippen LogP contribution in [-0.2, 0) is 13.6 Å². The molecule has 1 rings (SSSR count). The van der Waals surface area contributed by atoms with Gasteiger partial charge in [-0.3, -0.25) is 9.05 Å². The van der Waals surface area contributed by atoms with Crippen LogP contribution < -0.4 is 0 Å². The summed E-state index contributed by atoms with van der Waals surface area (Å²) in [4.78, 5) is 0. The quantitative estimate of drug-likeness (QED) is 0.623. The summed E-state index contributed by atoms with van der Waals surface area (Å²) in [7, 11) is -4.28. The van der Waals surface area contributed by atoms with Crippen LogP contribution in [0.15, 0.2) is 0 Å². The van der Waals surface area contributed by atoms with Crippen LogP contribution in [0.3, 0.4) is 0 Å². The van der Waals surface area contributed by atoms with Crippen LogP contribution in [0.2, 0.25) is 0 Å². The lowest BCUT2D eigenvalue weighted by Gasteiger charge is -2.40. The van der Waals surface area contributed by atoms with E-state index in [1.54, 1.807) is 0 Å². The minimum Gasteiger partial charge on any atom is -0.283 e. The standard InChI is InChI=1S/C8H16FO3P/c1-6(2)7-8(3,4)5-11-13(9,10)12-7/h6-7H,5H2,1-4H3/t7-,13?/m0/s1. The summed E-state index contributed by atoms with van der Waals surface area (Å²) in [6.45, 7) is 7.80. The van der Waals surface area contributed by atoms with Crippen LogP contribution in [0, 0.1) is 11.3 Å². The normalized spacial score (nSPS) is 39.4. The second-order valence-corrected chi connectivity index (χ2v) is 5.79. The number of halogens is 1. The van der Waals surface area contributed by atoms with Gasteiger partial charge in [-0.05, 0) is 5.92 Å². The molecule has 0 aromatic carbocycles. The molecule has 0 aliphatic carbocycles. The van der Waals surface area contributed by atoms with Crippen molar-refractivity contribution in [2.24, 2.45) is 11.3 Å². The molecule has 78 valence electrons. The maximum absolute atomic E-state index is 12.9. The Balaban J connectivity index is 2.82. The molecule has 2 atom stereocenters. The van der Waals surface area contributed by atoms with Gasteiger partial charge < -0.3 is 0 Å². The maximum Gasteiger partial charge on any atom is 0.513 e. The smallest absolute Gasteiger partial charge is 0.283 e. The topological polar surface area (TPSA) is 35.5 Å². The van der Waals surface area contributed by atoms with Crippen molar-refractivity contribution in [3.05, 3.63) is 0 Å². The molecule has 3 nitrogen and oxygen atoms in total. The third-order valence-electron chi connectivity index (χ3n) is 2.21. The monoisotopic (exact) mass is 210 g/mol. The molecule has 0 spiro atoms. The first-order valence-corrected chi connectivity index (χ1v) is 5.80. The zero-order valence-electron chi connectivity index (χ0n) is 8.41. The number of hydrogen-bond acceptors (Lipinski definition) is 3. The van der Waals surface area contributed by atoms with Gasteiger partial charge in [0.25, 0.3) is 0 Å². The predicted octanol–water partition coefficient (Wildman–Crippen LogP) is 3.16. The summed E-state index contributed by atoms with van der Waals surface area (Å²) in [5.74, 6) is 0.128. The lowest BCUT2D eigenvalue weighted by atomic mass is 9.81. The fourth-order valence-corrected chi connectivity index (χ4v) is 3.01. The van der Waals surface area contributed by atoms with E-state index >= 15 is 0 Å². The van der Waals surface area contributed by atoms with Gasteiger partial charge in [-0.15, -0.1) is 4.20 Å². The highest BCUT2D eigenvalue weighted by molar-refractivity contribution is 7.48. The maximum atomic E-state index is 12.9. The average Bonchev–Trinajstić information content (AvgIpc) is 1.95. The van der Waals surface area contributed by atoms with E-state index in [0.717, 1.165) is 0 Å². The van der Waals surface area contributed by atoms with Gasteiger partial charge in [-0.25, -0.2) is 4.57 Å². The predicted molar refractivity (Wildman–Crippen MR) is 48.2 cm³/mol. The molecule has 1 aliphatic rings. The summed E-state index contributed by atoms with van der Waals surface area (Å²) in [5, 5.41) is 0. The molecule has 0 saturated carbocycles. The molecule has 0 aromatic heterocycles. The zero-order valence-corrected chi connectivity index (χ0v) is 9.31. The molecule has 0 amide bonds. The van der Waals surface area contributed by atoms with Crippen molar-refractivity contribution in [3.8, 4) is 0 Å². The van der Waals surface area contributed by atoms with E-state index in [0.29, 0.717) is 0 Å². The molecule has 1 aliphatic heterocycles. The Morgan fingerprint density at radius 3 is 2.46 bits per heavy atom. The number of rotatable bonds is 1. The minimum absolute atomic E-state index is 0.128. The van der Waals surface area contributed by atoms with Crippen molar-refractivity contribution < 1.29 is 17.8 Å². The molecule has 1 unspecified atom stereocenters. The van der Waals surface area contributed by atoms with E-state index in [-0.39, 0.29) is 24.0 Å². The van der Waals surface area contributed by atoms with Crippen LogP contribution >= 0.6 is 7.91 Å². The third-order valence-corrected chi connectivity index (χ3v) is 3.12. The van der Waals surface area contributed by atoms with E-state index in [2.05, 4.69) is 4.52 Å². The van der Waals surface area contributed by atoms with E-state index < -0.39 is 7.91 Å². The van der Waals surface area contributed by atoms with Gasteiger partial charge in [0.2, 0.25) is 0 Å². The lowest BCUT2D eigenvalue weighted by Crippen LogP contribution is -2.42. The van der Waals surface area contributed by atoms with Crippen molar-refractivity contribution in [3.63, 3.8) is 0 Å². The molecule has 13 heavy (non-hydrogen) atoms. The van der Waals surface area contributed by atoms with E-state index in [1.165, 1.54) is 0 Å². The van der Waals surface area contributed by atoms with Crippen molar-refractivity contribution >= 4 is 7.91 Å². The Morgan fingerprint density at radius 1 is 1.54 bits per heavy atom. The highest BCUT2D eigenvalue weighted by Gasteiger charge is 2.45. The van der Waals surface area contributed by atoms with Gasteiger partial charge in [0.05, 0.1) is 12.7 Å². The van der Waals surface area contributed by atoms with Gasteiger partial charge >= 0.3 is 7.91 Å². The second kappa shape index (κ2) is 3.34.